The third kappa shape index (κ3) is 3.68. The van der Waals surface area contributed by atoms with Gasteiger partial charge in [-0.15, -0.1) is 11.3 Å². The molecule has 1 aliphatic carbocycles. The quantitative estimate of drug-likeness (QED) is 0.711. The molecule has 1 atom stereocenters. The molecular formula is C18H22ClNS. The third-order valence-corrected chi connectivity index (χ3v) is 5.58. The second-order valence-electron chi connectivity index (χ2n) is 5.94. The van der Waals surface area contributed by atoms with E-state index in [0.29, 0.717) is 18.0 Å². The van der Waals surface area contributed by atoms with Gasteiger partial charge in [-0.05, 0) is 54.3 Å². The number of hydrogen-bond donors (Lipinski definition) is 1. The van der Waals surface area contributed by atoms with E-state index in [1.54, 1.807) is 0 Å². The highest BCUT2D eigenvalue weighted by Crippen LogP contribution is 2.39. The Morgan fingerprint density at radius 1 is 1.29 bits per heavy atom. The lowest BCUT2D eigenvalue weighted by molar-refractivity contribution is 0.261. The highest BCUT2D eigenvalue weighted by atomic mass is 35.5. The molecule has 1 saturated carbocycles. The molecule has 2 aromatic rings. The van der Waals surface area contributed by atoms with Crippen LogP contribution in [0.15, 0.2) is 41.8 Å². The number of benzene rings is 1. The Balaban J connectivity index is 1.56. The number of rotatable bonds is 6. The molecule has 3 heteroatoms. The average Bonchev–Trinajstić information content (AvgIpc) is 2.95. The maximum Gasteiger partial charge on any atom is 0.0416 e. The van der Waals surface area contributed by atoms with E-state index in [1.807, 2.05) is 17.4 Å². The van der Waals surface area contributed by atoms with Crippen LogP contribution in [0.5, 0.6) is 0 Å². The molecular weight excluding hydrogens is 298 g/mol. The Kier molecular flexibility index (Phi) is 4.99. The molecule has 1 heterocycles. The summed E-state index contributed by atoms with van der Waals surface area (Å²) in [4.78, 5) is 1.48. The minimum Gasteiger partial charge on any atom is -0.306 e. The van der Waals surface area contributed by atoms with Crippen LogP contribution in [0.25, 0.3) is 0 Å². The van der Waals surface area contributed by atoms with Crippen LogP contribution in [-0.2, 0) is 0 Å². The molecule has 1 unspecified atom stereocenters. The largest absolute Gasteiger partial charge is 0.306 e. The van der Waals surface area contributed by atoms with Crippen molar-refractivity contribution in [2.75, 3.05) is 0 Å². The van der Waals surface area contributed by atoms with Gasteiger partial charge in [-0.25, -0.2) is 0 Å². The predicted molar refractivity (Wildman–Crippen MR) is 92.3 cm³/mol. The molecule has 21 heavy (non-hydrogen) atoms. The molecule has 1 aromatic carbocycles. The Hall–Kier alpha value is -0.830. The smallest absolute Gasteiger partial charge is 0.0416 e. The van der Waals surface area contributed by atoms with E-state index in [-0.39, 0.29) is 0 Å². The molecule has 1 fully saturated rings. The zero-order chi connectivity index (χ0) is 14.7. The second-order valence-corrected chi connectivity index (χ2v) is 7.36. The summed E-state index contributed by atoms with van der Waals surface area (Å²) >= 11 is 7.95. The first-order chi connectivity index (χ1) is 10.3. The van der Waals surface area contributed by atoms with E-state index in [1.165, 1.54) is 36.1 Å². The zero-order valence-electron chi connectivity index (χ0n) is 12.4. The average molecular weight is 320 g/mol. The monoisotopic (exact) mass is 319 g/mol. The molecule has 3 rings (SSSR count). The van der Waals surface area contributed by atoms with Crippen LogP contribution in [0.4, 0.5) is 0 Å². The van der Waals surface area contributed by atoms with E-state index >= 15 is 0 Å². The van der Waals surface area contributed by atoms with Crippen molar-refractivity contribution < 1.29 is 0 Å². The van der Waals surface area contributed by atoms with Crippen molar-refractivity contribution >= 4 is 22.9 Å². The number of thiophene rings is 1. The fraction of sp³-hybridized carbons (Fsp3) is 0.444. The summed E-state index contributed by atoms with van der Waals surface area (Å²) in [5, 5.41) is 6.88. The maximum absolute atomic E-state index is 6.09. The summed E-state index contributed by atoms with van der Waals surface area (Å²) in [6.07, 6.45) is 4.90. The van der Waals surface area contributed by atoms with E-state index < -0.39 is 0 Å². The van der Waals surface area contributed by atoms with Gasteiger partial charge < -0.3 is 5.32 Å². The Labute approximate surface area is 136 Å². The molecule has 1 nitrogen and oxygen atoms in total. The molecule has 1 aliphatic rings. The van der Waals surface area contributed by atoms with Gasteiger partial charge in [0.15, 0.2) is 0 Å². The van der Waals surface area contributed by atoms with Gasteiger partial charge in [0.2, 0.25) is 0 Å². The standard InChI is InChI=1S/C18H22ClNS/c1-2-5-17(18-8-4-9-21-18)20-16-11-14(12-16)13-6-3-7-15(19)10-13/h3-4,6-10,14,16-17,20H,2,5,11-12H2,1H3. The molecule has 1 N–H and O–H groups in total. The fourth-order valence-corrected chi connectivity index (χ4v) is 4.18. The van der Waals surface area contributed by atoms with E-state index in [9.17, 15) is 0 Å². The molecule has 0 amide bonds. The van der Waals surface area contributed by atoms with Crippen LogP contribution in [0.3, 0.4) is 0 Å². The Morgan fingerprint density at radius 2 is 2.14 bits per heavy atom. The van der Waals surface area contributed by atoms with Gasteiger partial charge in [-0.2, -0.15) is 0 Å². The fourth-order valence-electron chi connectivity index (χ4n) is 3.16. The summed E-state index contributed by atoms with van der Waals surface area (Å²) < 4.78 is 0. The summed E-state index contributed by atoms with van der Waals surface area (Å²) in [5.41, 5.74) is 1.39. The molecule has 0 saturated heterocycles. The topological polar surface area (TPSA) is 12.0 Å². The van der Waals surface area contributed by atoms with Crippen molar-refractivity contribution in [3.05, 3.63) is 57.2 Å². The van der Waals surface area contributed by atoms with Gasteiger partial charge in [0.05, 0.1) is 0 Å². The maximum atomic E-state index is 6.09. The van der Waals surface area contributed by atoms with Crippen molar-refractivity contribution in [3.63, 3.8) is 0 Å². The highest BCUT2D eigenvalue weighted by Gasteiger charge is 2.32. The van der Waals surface area contributed by atoms with Gasteiger partial charge in [0, 0.05) is 22.0 Å². The molecule has 0 aliphatic heterocycles. The lowest BCUT2D eigenvalue weighted by atomic mass is 9.75. The van der Waals surface area contributed by atoms with E-state index in [2.05, 4.69) is 48.0 Å². The summed E-state index contributed by atoms with van der Waals surface area (Å²) in [5.74, 6) is 0.673. The first kappa shape index (κ1) is 15.1. The number of hydrogen-bond acceptors (Lipinski definition) is 2. The van der Waals surface area contributed by atoms with E-state index in [4.69, 9.17) is 11.6 Å². The normalized spacial score (nSPS) is 22.8. The Morgan fingerprint density at radius 3 is 2.81 bits per heavy atom. The molecule has 112 valence electrons. The van der Waals surface area contributed by atoms with Crippen LogP contribution in [0.2, 0.25) is 5.02 Å². The lowest BCUT2D eigenvalue weighted by Gasteiger charge is -2.38. The van der Waals surface area contributed by atoms with Crippen LogP contribution in [0, 0.1) is 0 Å². The van der Waals surface area contributed by atoms with E-state index in [0.717, 1.165) is 5.02 Å². The predicted octanol–water partition coefficient (Wildman–Crippen LogP) is 5.78. The second kappa shape index (κ2) is 6.95. The van der Waals surface area contributed by atoms with Gasteiger partial charge in [0.1, 0.15) is 0 Å². The van der Waals surface area contributed by atoms with Crippen molar-refractivity contribution in [1.29, 1.82) is 0 Å². The molecule has 0 bridgehead atoms. The Bertz CT molecular complexity index is 560. The highest BCUT2D eigenvalue weighted by molar-refractivity contribution is 7.10. The lowest BCUT2D eigenvalue weighted by Crippen LogP contribution is -2.41. The van der Waals surface area contributed by atoms with Crippen LogP contribution < -0.4 is 5.32 Å². The van der Waals surface area contributed by atoms with Gasteiger partial charge in [-0.3, -0.25) is 0 Å². The summed E-state index contributed by atoms with van der Waals surface area (Å²) in [7, 11) is 0. The first-order valence-electron chi connectivity index (χ1n) is 7.81. The molecule has 1 aromatic heterocycles. The van der Waals surface area contributed by atoms with Gasteiger partial charge >= 0.3 is 0 Å². The SMILES string of the molecule is CCCC(NC1CC(c2cccc(Cl)c2)C1)c1cccs1. The zero-order valence-corrected chi connectivity index (χ0v) is 14.0. The van der Waals surface area contributed by atoms with Crippen molar-refractivity contribution in [2.45, 2.75) is 50.6 Å². The summed E-state index contributed by atoms with van der Waals surface area (Å²) in [6, 6.07) is 13.9. The minimum atomic E-state index is 0.528. The van der Waals surface area contributed by atoms with Crippen LogP contribution >= 0.6 is 22.9 Å². The van der Waals surface area contributed by atoms with Gasteiger partial charge in [0.25, 0.3) is 0 Å². The van der Waals surface area contributed by atoms with Gasteiger partial charge in [-0.1, -0.05) is 43.1 Å². The molecule has 0 spiro atoms. The van der Waals surface area contributed by atoms with Crippen LogP contribution in [0.1, 0.15) is 55.0 Å². The third-order valence-electron chi connectivity index (χ3n) is 4.36. The minimum absolute atomic E-state index is 0.528. The van der Waals surface area contributed by atoms with Crippen molar-refractivity contribution in [2.24, 2.45) is 0 Å². The number of halogens is 1. The van der Waals surface area contributed by atoms with Crippen molar-refractivity contribution in [1.82, 2.24) is 5.32 Å². The summed E-state index contributed by atoms with van der Waals surface area (Å²) in [6.45, 7) is 2.26. The molecule has 0 radical (unpaired) electrons. The first-order valence-corrected chi connectivity index (χ1v) is 9.07. The van der Waals surface area contributed by atoms with Crippen LogP contribution in [-0.4, -0.2) is 6.04 Å². The van der Waals surface area contributed by atoms with Crippen molar-refractivity contribution in [3.8, 4) is 0 Å². The number of nitrogens with one attached hydrogen (secondary N) is 1.